The average Bonchev–Trinajstić information content (AvgIpc) is 2.80. The van der Waals surface area contributed by atoms with Gasteiger partial charge in [0.1, 0.15) is 0 Å². The summed E-state index contributed by atoms with van der Waals surface area (Å²) >= 11 is 0. The number of amides is 1. The zero-order valence-electron chi connectivity index (χ0n) is 12.2. The molecule has 18 heavy (non-hydrogen) atoms. The molecule has 0 bridgehead atoms. The Morgan fingerprint density at radius 1 is 1.28 bits per heavy atom. The van der Waals surface area contributed by atoms with Crippen molar-refractivity contribution < 1.29 is 9.90 Å². The lowest BCUT2D eigenvalue weighted by molar-refractivity contribution is -0.137. The van der Waals surface area contributed by atoms with Crippen molar-refractivity contribution in [3.05, 3.63) is 0 Å². The number of rotatable bonds is 6. The van der Waals surface area contributed by atoms with Crippen LogP contribution >= 0.6 is 0 Å². The SMILES string of the molecule is CC(CO)N(C)CC(=O)N(C(C)C)C1CCCC1. The van der Waals surface area contributed by atoms with Gasteiger partial charge in [-0.05, 0) is 40.7 Å². The first kappa shape index (κ1) is 15.4. The summed E-state index contributed by atoms with van der Waals surface area (Å²) in [6, 6.07) is 0.723. The maximum absolute atomic E-state index is 12.4. The molecule has 0 aromatic rings. The number of likely N-dealkylation sites (N-methyl/N-ethyl adjacent to an activating group) is 1. The monoisotopic (exact) mass is 256 g/mol. The van der Waals surface area contributed by atoms with Crippen LogP contribution in [0.4, 0.5) is 0 Å². The molecule has 1 fully saturated rings. The topological polar surface area (TPSA) is 43.8 Å². The Morgan fingerprint density at radius 2 is 1.83 bits per heavy atom. The molecule has 1 saturated carbocycles. The summed E-state index contributed by atoms with van der Waals surface area (Å²) in [7, 11) is 1.89. The predicted molar refractivity (Wildman–Crippen MR) is 73.4 cm³/mol. The smallest absolute Gasteiger partial charge is 0.237 e. The first-order chi connectivity index (χ1) is 8.47. The molecule has 1 aliphatic rings. The number of aliphatic hydroxyl groups excluding tert-OH is 1. The zero-order valence-corrected chi connectivity index (χ0v) is 12.2. The van der Waals surface area contributed by atoms with Gasteiger partial charge >= 0.3 is 0 Å². The minimum absolute atomic E-state index is 0.0338. The Labute approximate surface area is 111 Å². The van der Waals surface area contributed by atoms with E-state index in [9.17, 15) is 4.79 Å². The summed E-state index contributed by atoms with van der Waals surface area (Å²) in [4.78, 5) is 16.4. The Balaban J connectivity index is 2.59. The van der Waals surface area contributed by atoms with E-state index < -0.39 is 0 Å². The van der Waals surface area contributed by atoms with E-state index in [1.165, 1.54) is 12.8 Å². The summed E-state index contributed by atoms with van der Waals surface area (Å²) < 4.78 is 0. The fourth-order valence-corrected chi connectivity index (χ4v) is 2.69. The van der Waals surface area contributed by atoms with E-state index in [2.05, 4.69) is 13.8 Å². The molecule has 106 valence electrons. The average molecular weight is 256 g/mol. The molecule has 0 aromatic heterocycles. The highest BCUT2D eigenvalue weighted by Gasteiger charge is 2.29. The molecule has 1 aliphatic carbocycles. The van der Waals surface area contributed by atoms with Gasteiger partial charge in [-0.15, -0.1) is 0 Å². The van der Waals surface area contributed by atoms with Crippen molar-refractivity contribution in [1.82, 2.24) is 9.80 Å². The molecule has 0 radical (unpaired) electrons. The van der Waals surface area contributed by atoms with Crippen LogP contribution in [0.25, 0.3) is 0 Å². The van der Waals surface area contributed by atoms with Gasteiger partial charge in [0.25, 0.3) is 0 Å². The Morgan fingerprint density at radius 3 is 2.28 bits per heavy atom. The minimum atomic E-state index is 0.0338. The van der Waals surface area contributed by atoms with Gasteiger partial charge in [0.15, 0.2) is 0 Å². The first-order valence-corrected chi connectivity index (χ1v) is 7.09. The Kier molecular flexibility index (Phi) is 6.09. The molecule has 0 saturated heterocycles. The molecule has 0 aliphatic heterocycles. The summed E-state index contributed by atoms with van der Waals surface area (Å²) in [5, 5.41) is 9.11. The molecule has 0 heterocycles. The normalized spacial score (nSPS) is 18.6. The van der Waals surface area contributed by atoms with Crippen LogP contribution in [0.5, 0.6) is 0 Å². The van der Waals surface area contributed by atoms with Gasteiger partial charge in [0.05, 0.1) is 13.2 Å². The molecular formula is C14H28N2O2. The van der Waals surface area contributed by atoms with Crippen LogP contribution in [-0.2, 0) is 4.79 Å². The highest BCUT2D eigenvalue weighted by Crippen LogP contribution is 2.25. The lowest BCUT2D eigenvalue weighted by atomic mass is 10.1. The largest absolute Gasteiger partial charge is 0.395 e. The number of carbonyl (C=O) groups is 1. The van der Waals surface area contributed by atoms with E-state index in [4.69, 9.17) is 5.11 Å². The quantitative estimate of drug-likeness (QED) is 0.783. The van der Waals surface area contributed by atoms with E-state index in [1.54, 1.807) is 0 Å². The summed E-state index contributed by atoms with van der Waals surface area (Å²) in [6.45, 7) is 6.60. The first-order valence-electron chi connectivity index (χ1n) is 7.09. The second-order valence-corrected chi connectivity index (χ2v) is 5.78. The van der Waals surface area contributed by atoms with E-state index in [1.807, 2.05) is 23.8 Å². The summed E-state index contributed by atoms with van der Waals surface area (Å²) in [5.41, 5.74) is 0. The third kappa shape index (κ3) is 3.95. The Bertz CT molecular complexity index is 263. The third-order valence-electron chi connectivity index (χ3n) is 3.96. The van der Waals surface area contributed by atoms with Crippen molar-refractivity contribution in [3.8, 4) is 0 Å². The lowest BCUT2D eigenvalue weighted by Crippen LogP contribution is -2.49. The highest BCUT2D eigenvalue weighted by atomic mass is 16.3. The lowest BCUT2D eigenvalue weighted by Gasteiger charge is -2.35. The van der Waals surface area contributed by atoms with Gasteiger partial charge in [-0.25, -0.2) is 0 Å². The molecule has 1 atom stereocenters. The van der Waals surface area contributed by atoms with Gasteiger partial charge < -0.3 is 10.0 Å². The molecule has 1 N–H and O–H groups in total. The molecule has 4 nitrogen and oxygen atoms in total. The van der Waals surface area contributed by atoms with Gasteiger partial charge in [0, 0.05) is 18.1 Å². The van der Waals surface area contributed by atoms with Crippen molar-refractivity contribution >= 4 is 5.91 Å². The maximum Gasteiger partial charge on any atom is 0.237 e. The van der Waals surface area contributed by atoms with E-state index in [-0.39, 0.29) is 24.6 Å². The van der Waals surface area contributed by atoms with Gasteiger partial charge in [-0.2, -0.15) is 0 Å². The molecule has 1 unspecified atom stereocenters. The third-order valence-corrected chi connectivity index (χ3v) is 3.96. The molecule has 4 heteroatoms. The molecule has 1 amide bonds. The fourth-order valence-electron chi connectivity index (χ4n) is 2.69. The van der Waals surface area contributed by atoms with Crippen molar-refractivity contribution in [2.75, 3.05) is 20.2 Å². The number of aliphatic hydroxyl groups is 1. The van der Waals surface area contributed by atoms with Crippen molar-refractivity contribution in [2.24, 2.45) is 0 Å². The summed E-state index contributed by atoms with van der Waals surface area (Å²) in [6.07, 6.45) is 4.76. The van der Waals surface area contributed by atoms with Gasteiger partial charge in [-0.3, -0.25) is 9.69 Å². The number of nitrogens with zero attached hydrogens (tertiary/aromatic N) is 2. The van der Waals surface area contributed by atoms with Crippen molar-refractivity contribution in [3.63, 3.8) is 0 Å². The van der Waals surface area contributed by atoms with Crippen LogP contribution in [0.2, 0.25) is 0 Å². The predicted octanol–water partition coefficient (Wildman–Crippen LogP) is 1.48. The maximum atomic E-state index is 12.4. The standard InChI is InChI=1S/C14H28N2O2/c1-11(2)16(13-7-5-6-8-13)14(18)9-15(4)12(3)10-17/h11-13,17H,5-10H2,1-4H3. The molecular weight excluding hydrogens is 228 g/mol. The number of hydrogen-bond acceptors (Lipinski definition) is 3. The molecule has 0 spiro atoms. The molecule has 0 aromatic carbocycles. The van der Waals surface area contributed by atoms with Crippen LogP contribution in [0.15, 0.2) is 0 Å². The van der Waals surface area contributed by atoms with Crippen LogP contribution in [-0.4, -0.2) is 59.1 Å². The van der Waals surface area contributed by atoms with E-state index >= 15 is 0 Å². The van der Waals surface area contributed by atoms with Gasteiger partial charge in [-0.1, -0.05) is 12.8 Å². The van der Waals surface area contributed by atoms with E-state index in [0.29, 0.717) is 12.6 Å². The van der Waals surface area contributed by atoms with E-state index in [0.717, 1.165) is 12.8 Å². The van der Waals surface area contributed by atoms with Crippen molar-refractivity contribution in [1.29, 1.82) is 0 Å². The van der Waals surface area contributed by atoms with Crippen LogP contribution in [0.3, 0.4) is 0 Å². The van der Waals surface area contributed by atoms with Crippen LogP contribution in [0, 0.1) is 0 Å². The van der Waals surface area contributed by atoms with Gasteiger partial charge in [0.2, 0.25) is 5.91 Å². The second kappa shape index (κ2) is 7.10. The minimum Gasteiger partial charge on any atom is -0.395 e. The zero-order chi connectivity index (χ0) is 13.7. The number of hydrogen-bond donors (Lipinski definition) is 1. The second-order valence-electron chi connectivity index (χ2n) is 5.78. The molecule has 1 rings (SSSR count). The number of carbonyl (C=O) groups excluding carboxylic acids is 1. The Hall–Kier alpha value is -0.610. The fraction of sp³-hybridized carbons (Fsp3) is 0.929. The van der Waals surface area contributed by atoms with Crippen molar-refractivity contribution in [2.45, 2.75) is 64.6 Å². The van der Waals surface area contributed by atoms with Crippen LogP contribution < -0.4 is 0 Å². The van der Waals surface area contributed by atoms with Crippen LogP contribution in [0.1, 0.15) is 46.5 Å². The highest BCUT2D eigenvalue weighted by molar-refractivity contribution is 5.79. The summed E-state index contributed by atoms with van der Waals surface area (Å²) in [5.74, 6) is 0.194.